The zero-order chi connectivity index (χ0) is 14.3. The second kappa shape index (κ2) is 8.75. The van der Waals surface area contributed by atoms with Crippen LogP contribution >= 0.6 is 31.9 Å². The van der Waals surface area contributed by atoms with E-state index >= 15 is 0 Å². The molecule has 1 aromatic carbocycles. The van der Waals surface area contributed by atoms with E-state index in [0.717, 1.165) is 53.3 Å². The standard InChI is InChI=1S/C15H21Br2NO/c1-3-5-9-18(10-6-4-2)15(19)13-8-7-12(16)11-14(13)17/h7-8,11H,3-6,9-10H2,1-2H3. The monoisotopic (exact) mass is 389 g/mol. The number of benzene rings is 1. The summed E-state index contributed by atoms with van der Waals surface area (Å²) in [5.41, 5.74) is 0.746. The Bertz CT molecular complexity index is 413. The molecule has 4 heteroatoms. The van der Waals surface area contributed by atoms with Gasteiger partial charge in [-0.15, -0.1) is 0 Å². The van der Waals surface area contributed by atoms with E-state index in [9.17, 15) is 4.79 Å². The molecule has 0 spiro atoms. The lowest BCUT2D eigenvalue weighted by atomic mass is 10.1. The maximum Gasteiger partial charge on any atom is 0.254 e. The first-order valence-corrected chi connectivity index (χ1v) is 8.43. The molecule has 0 aliphatic rings. The molecule has 2 nitrogen and oxygen atoms in total. The Labute approximate surface area is 132 Å². The van der Waals surface area contributed by atoms with Crippen LogP contribution in [0.5, 0.6) is 0 Å². The van der Waals surface area contributed by atoms with E-state index in [1.807, 2.05) is 23.1 Å². The van der Waals surface area contributed by atoms with Crippen LogP contribution in [-0.2, 0) is 0 Å². The number of hydrogen-bond acceptors (Lipinski definition) is 1. The van der Waals surface area contributed by atoms with Crippen molar-refractivity contribution in [2.45, 2.75) is 39.5 Å². The summed E-state index contributed by atoms with van der Waals surface area (Å²) in [5, 5.41) is 0. The highest BCUT2D eigenvalue weighted by atomic mass is 79.9. The van der Waals surface area contributed by atoms with Crippen LogP contribution in [0.2, 0.25) is 0 Å². The van der Waals surface area contributed by atoms with Crippen LogP contribution in [0.3, 0.4) is 0 Å². The van der Waals surface area contributed by atoms with Gasteiger partial charge in [0, 0.05) is 22.0 Å². The van der Waals surface area contributed by atoms with Gasteiger partial charge in [0.2, 0.25) is 0 Å². The summed E-state index contributed by atoms with van der Waals surface area (Å²) >= 11 is 6.89. The number of nitrogens with zero attached hydrogens (tertiary/aromatic N) is 1. The average molecular weight is 391 g/mol. The normalized spacial score (nSPS) is 10.5. The van der Waals surface area contributed by atoms with E-state index in [1.165, 1.54) is 0 Å². The molecule has 0 bridgehead atoms. The third-order valence-electron chi connectivity index (χ3n) is 3.01. The fraction of sp³-hybridized carbons (Fsp3) is 0.533. The molecule has 0 aromatic heterocycles. The van der Waals surface area contributed by atoms with Gasteiger partial charge >= 0.3 is 0 Å². The van der Waals surface area contributed by atoms with Gasteiger partial charge in [0.05, 0.1) is 5.56 Å². The summed E-state index contributed by atoms with van der Waals surface area (Å²) in [6.45, 7) is 5.99. The van der Waals surface area contributed by atoms with Crippen LogP contribution in [0, 0.1) is 0 Å². The first-order chi connectivity index (χ1) is 9.10. The molecular weight excluding hydrogens is 370 g/mol. The van der Waals surface area contributed by atoms with Gasteiger partial charge in [-0.3, -0.25) is 4.79 Å². The smallest absolute Gasteiger partial charge is 0.254 e. The number of carbonyl (C=O) groups is 1. The summed E-state index contributed by atoms with van der Waals surface area (Å²) in [6.07, 6.45) is 4.34. The largest absolute Gasteiger partial charge is 0.339 e. The highest BCUT2D eigenvalue weighted by Crippen LogP contribution is 2.23. The zero-order valence-electron chi connectivity index (χ0n) is 11.6. The fourth-order valence-electron chi connectivity index (χ4n) is 1.85. The molecule has 0 fully saturated rings. The molecule has 19 heavy (non-hydrogen) atoms. The van der Waals surface area contributed by atoms with Gasteiger partial charge in [-0.25, -0.2) is 0 Å². The summed E-state index contributed by atoms with van der Waals surface area (Å²) in [4.78, 5) is 14.5. The number of rotatable bonds is 7. The number of hydrogen-bond donors (Lipinski definition) is 0. The fourth-order valence-corrected chi connectivity index (χ4v) is 3.06. The van der Waals surface area contributed by atoms with Crippen molar-refractivity contribution in [1.82, 2.24) is 4.90 Å². The van der Waals surface area contributed by atoms with E-state index in [-0.39, 0.29) is 5.91 Å². The van der Waals surface area contributed by atoms with Crippen LogP contribution in [0.4, 0.5) is 0 Å². The average Bonchev–Trinajstić information content (AvgIpc) is 2.38. The Kier molecular flexibility index (Phi) is 7.69. The van der Waals surface area contributed by atoms with E-state index in [0.29, 0.717) is 0 Å². The van der Waals surface area contributed by atoms with Gasteiger partial charge < -0.3 is 4.90 Å². The van der Waals surface area contributed by atoms with Gasteiger partial charge in [-0.1, -0.05) is 42.6 Å². The van der Waals surface area contributed by atoms with Crippen molar-refractivity contribution in [3.63, 3.8) is 0 Å². The third kappa shape index (κ3) is 5.27. The molecule has 0 aliphatic carbocycles. The lowest BCUT2D eigenvalue weighted by Gasteiger charge is -2.23. The Balaban J connectivity index is 2.84. The minimum Gasteiger partial charge on any atom is -0.339 e. The van der Waals surface area contributed by atoms with E-state index in [4.69, 9.17) is 0 Å². The lowest BCUT2D eigenvalue weighted by molar-refractivity contribution is 0.0750. The van der Waals surface area contributed by atoms with Crippen LogP contribution in [0.25, 0.3) is 0 Å². The van der Waals surface area contributed by atoms with Crippen molar-refractivity contribution >= 4 is 37.8 Å². The molecule has 0 N–H and O–H groups in total. The molecule has 0 atom stereocenters. The quantitative estimate of drug-likeness (QED) is 0.622. The van der Waals surface area contributed by atoms with Crippen molar-refractivity contribution in [2.75, 3.05) is 13.1 Å². The molecule has 0 heterocycles. The summed E-state index contributed by atoms with van der Waals surface area (Å²) in [7, 11) is 0. The Morgan fingerprint density at radius 3 is 2.16 bits per heavy atom. The van der Waals surface area contributed by atoms with Crippen LogP contribution in [0.15, 0.2) is 27.1 Å². The zero-order valence-corrected chi connectivity index (χ0v) is 14.8. The highest BCUT2D eigenvalue weighted by molar-refractivity contribution is 9.11. The van der Waals surface area contributed by atoms with Crippen molar-refractivity contribution in [3.8, 4) is 0 Å². The summed E-state index contributed by atoms with van der Waals surface area (Å²) in [5.74, 6) is 0.126. The number of halogens is 2. The Morgan fingerprint density at radius 2 is 1.68 bits per heavy atom. The highest BCUT2D eigenvalue weighted by Gasteiger charge is 2.17. The van der Waals surface area contributed by atoms with Crippen molar-refractivity contribution in [3.05, 3.63) is 32.7 Å². The van der Waals surface area contributed by atoms with E-state index in [2.05, 4.69) is 45.7 Å². The molecule has 1 amide bonds. The second-order valence-electron chi connectivity index (χ2n) is 4.62. The van der Waals surface area contributed by atoms with Crippen LogP contribution in [0.1, 0.15) is 49.9 Å². The van der Waals surface area contributed by atoms with E-state index in [1.54, 1.807) is 0 Å². The molecular formula is C15H21Br2NO. The topological polar surface area (TPSA) is 20.3 Å². The molecule has 0 saturated carbocycles. The number of carbonyl (C=O) groups excluding carboxylic acids is 1. The van der Waals surface area contributed by atoms with Crippen molar-refractivity contribution in [2.24, 2.45) is 0 Å². The Hall–Kier alpha value is -0.350. The van der Waals surface area contributed by atoms with Crippen LogP contribution in [-0.4, -0.2) is 23.9 Å². The molecule has 0 radical (unpaired) electrons. The molecule has 1 rings (SSSR count). The summed E-state index contributed by atoms with van der Waals surface area (Å²) in [6, 6.07) is 5.71. The SMILES string of the molecule is CCCCN(CCCC)C(=O)c1ccc(Br)cc1Br. The maximum absolute atomic E-state index is 12.6. The molecule has 0 aliphatic heterocycles. The van der Waals surface area contributed by atoms with E-state index < -0.39 is 0 Å². The van der Waals surface area contributed by atoms with Gasteiger partial charge in [0.25, 0.3) is 5.91 Å². The van der Waals surface area contributed by atoms with Gasteiger partial charge in [0.15, 0.2) is 0 Å². The minimum atomic E-state index is 0.126. The lowest BCUT2D eigenvalue weighted by Crippen LogP contribution is -2.33. The van der Waals surface area contributed by atoms with Crippen molar-refractivity contribution < 1.29 is 4.79 Å². The third-order valence-corrected chi connectivity index (χ3v) is 4.16. The van der Waals surface area contributed by atoms with Gasteiger partial charge in [0.1, 0.15) is 0 Å². The Morgan fingerprint density at radius 1 is 1.11 bits per heavy atom. The van der Waals surface area contributed by atoms with Gasteiger partial charge in [-0.2, -0.15) is 0 Å². The predicted molar refractivity (Wildman–Crippen MR) is 87.6 cm³/mol. The molecule has 106 valence electrons. The van der Waals surface area contributed by atoms with Crippen LogP contribution < -0.4 is 0 Å². The maximum atomic E-state index is 12.6. The number of unbranched alkanes of at least 4 members (excludes halogenated alkanes) is 2. The van der Waals surface area contributed by atoms with Gasteiger partial charge in [-0.05, 0) is 47.0 Å². The summed E-state index contributed by atoms with van der Waals surface area (Å²) < 4.78 is 1.83. The molecule has 0 saturated heterocycles. The number of amides is 1. The first kappa shape index (κ1) is 16.7. The first-order valence-electron chi connectivity index (χ1n) is 6.84. The van der Waals surface area contributed by atoms with Crippen molar-refractivity contribution in [1.29, 1.82) is 0 Å². The second-order valence-corrected chi connectivity index (χ2v) is 6.39. The minimum absolute atomic E-state index is 0.126. The molecule has 0 unspecified atom stereocenters. The molecule has 1 aromatic rings. The predicted octanol–water partition coefficient (Wildman–Crippen LogP) is 5.25.